The number of nitrogens with zero attached hydrogens (tertiary/aromatic N) is 4. The van der Waals surface area contributed by atoms with Crippen LogP contribution in [0.1, 0.15) is 42.7 Å². The number of fused-ring (bicyclic) bond motifs is 1. The maximum Gasteiger partial charge on any atom is 0.419 e. The van der Waals surface area contributed by atoms with E-state index < -0.39 is 23.6 Å². The van der Waals surface area contributed by atoms with Crippen LogP contribution in [-0.2, 0) is 6.18 Å². The third-order valence-electron chi connectivity index (χ3n) is 7.58. The molecule has 3 heterocycles. The number of hydrogen-bond acceptors (Lipinski definition) is 4. The fraction of sp³-hybridized carbons (Fsp3) is 0.345. The fourth-order valence-corrected chi connectivity index (χ4v) is 5.72. The van der Waals surface area contributed by atoms with Crippen LogP contribution in [-0.4, -0.2) is 45.2 Å². The number of hydrogen-bond donors (Lipinski definition) is 2. The number of piperidine rings is 1. The Balaban J connectivity index is 1.16. The Hall–Kier alpha value is -3.67. The van der Waals surface area contributed by atoms with E-state index >= 15 is 0 Å². The molecule has 2 N–H and O–H groups in total. The van der Waals surface area contributed by atoms with E-state index in [1.54, 1.807) is 15.6 Å². The molecular weight excluding hydrogens is 604 g/mol. The minimum atomic E-state index is -4.85. The highest BCUT2D eigenvalue weighted by Gasteiger charge is 2.34. The minimum absolute atomic E-state index is 0.0953. The molecule has 1 aliphatic carbocycles. The van der Waals surface area contributed by atoms with E-state index in [0.717, 1.165) is 40.5 Å². The van der Waals surface area contributed by atoms with E-state index in [1.807, 2.05) is 12.1 Å². The van der Waals surface area contributed by atoms with Gasteiger partial charge in [0, 0.05) is 37.0 Å². The van der Waals surface area contributed by atoms with Gasteiger partial charge in [0.1, 0.15) is 11.6 Å². The van der Waals surface area contributed by atoms with Gasteiger partial charge in [0.05, 0.1) is 21.9 Å². The summed E-state index contributed by atoms with van der Waals surface area (Å²) in [5.74, 6) is 0.0447. The van der Waals surface area contributed by atoms with Gasteiger partial charge in [0.2, 0.25) is 0 Å². The summed E-state index contributed by atoms with van der Waals surface area (Å²) in [5, 5.41) is 10.5. The number of alkyl halides is 3. The van der Waals surface area contributed by atoms with E-state index in [0.29, 0.717) is 43.3 Å². The maximum atomic E-state index is 13.6. The first-order valence-corrected chi connectivity index (χ1v) is 14.3. The van der Waals surface area contributed by atoms with Crippen molar-refractivity contribution in [2.75, 3.05) is 30.3 Å². The largest absolute Gasteiger partial charge is 0.419 e. The number of carbonyl (C=O) groups excluding carboxylic acids is 1. The summed E-state index contributed by atoms with van der Waals surface area (Å²) in [4.78, 5) is 19.4. The SMILES string of the molecule is O=C(Nc1ccc(F)c(C(F)(F)F)c1)N1CCCC(CNc2cc(-c3ccccc3C3CC3)nc3c(Br)cnn23)C1. The second-order valence-corrected chi connectivity index (χ2v) is 11.4. The van der Waals surface area contributed by atoms with Gasteiger partial charge in [-0.05, 0) is 77.2 Å². The first kappa shape index (κ1) is 27.5. The number of halogens is 5. The van der Waals surface area contributed by atoms with Crippen molar-refractivity contribution >= 4 is 39.1 Å². The Kier molecular flexibility index (Phi) is 7.35. The molecule has 1 unspecified atom stereocenters. The molecule has 1 atom stereocenters. The van der Waals surface area contributed by atoms with E-state index in [4.69, 9.17) is 4.98 Å². The molecule has 41 heavy (non-hydrogen) atoms. The van der Waals surface area contributed by atoms with Crippen LogP contribution >= 0.6 is 15.9 Å². The average Bonchev–Trinajstić information content (AvgIpc) is 3.74. The van der Waals surface area contributed by atoms with E-state index in [-0.39, 0.29) is 11.6 Å². The molecule has 0 spiro atoms. The standard InChI is InChI=1S/C29H27BrF4N6O/c30-23-15-36-40-26(13-25(38-27(23)40)21-6-2-1-5-20(21)18-7-8-18)35-14-17-4-3-11-39(16-17)28(41)37-19-9-10-24(31)22(12-19)29(32,33)34/h1-2,5-6,9-10,12-13,15,17-18,35H,3-4,7-8,11,14,16H2,(H,37,41). The first-order chi connectivity index (χ1) is 19.7. The number of aromatic nitrogens is 3. The quantitative estimate of drug-likeness (QED) is 0.216. The first-order valence-electron chi connectivity index (χ1n) is 13.5. The molecule has 4 aromatic rings. The van der Waals surface area contributed by atoms with Gasteiger partial charge in [-0.2, -0.15) is 22.8 Å². The van der Waals surface area contributed by atoms with Crippen LogP contribution in [0.15, 0.2) is 59.2 Å². The van der Waals surface area contributed by atoms with Crippen LogP contribution in [0, 0.1) is 11.7 Å². The zero-order chi connectivity index (χ0) is 28.7. The van der Waals surface area contributed by atoms with Crippen LogP contribution in [0.5, 0.6) is 0 Å². The second kappa shape index (κ2) is 11.0. The lowest BCUT2D eigenvalue weighted by Crippen LogP contribution is -2.44. The Morgan fingerprint density at radius 3 is 2.68 bits per heavy atom. The molecule has 7 nitrogen and oxygen atoms in total. The third-order valence-corrected chi connectivity index (χ3v) is 8.14. The lowest BCUT2D eigenvalue weighted by atomic mass is 9.98. The highest BCUT2D eigenvalue weighted by Crippen LogP contribution is 2.44. The highest BCUT2D eigenvalue weighted by atomic mass is 79.9. The van der Waals surface area contributed by atoms with Gasteiger partial charge in [0.15, 0.2) is 5.65 Å². The van der Waals surface area contributed by atoms with Crippen LogP contribution in [0.4, 0.5) is 33.9 Å². The normalized spacial score (nSPS) is 17.6. The third kappa shape index (κ3) is 5.88. The Morgan fingerprint density at radius 1 is 1.10 bits per heavy atom. The van der Waals surface area contributed by atoms with Crippen molar-refractivity contribution in [1.82, 2.24) is 19.5 Å². The van der Waals surface area contributed by atoms with E-state index in [9.17, 15) is 22.4 Å². The number of amides is 2. The summed E-state index contributed by atoms with van der Waals surface area (Å²) in [7, 11) is 0. The molecule has 6 rings (SSSR count). The average molecular weight is 631 g/mol. The van der Waals surface area contributed by atoms with Crippen LogP contribution in [0.25, 0.3) is 16.9 Å². The highest BCUT2D eigenvalue weighted by molar-refractivity contribution is 9.10. The Labute approximate surface area is 242 Å². The summed E-state index contributed by atoms with van der Waals surface area (Å²) in [6.45, 7) is 1.45. The predicted octanol–water partition coefficient (Wildman–Crippen LogP) is 7.55. The molecule has 214 valence electrons. The molecule has 0 bridgehead atoms. The lowest BCUT2D eigenvalue weighted by molar-refractivity contribution is -0.139. The molecule has 2 aromatic heterocycles. The molecule has 1 saturated heterocycles. The van der Waals surface area contributed by atoms with Crippen molar-refractivity contribution in [2.45, 2.75) is 37.8 Å². The van der Waals surface area contributed by atoms with Gasteiger partial charge in [-0.1, -0.05) is 24.3 Å². The zero-order valence-electron chi connectivity index (χ0n) is 21.9. The summed E-state index contributed by atoms with van der Waals surface area (Å²) in [5.41, 5.74) is 2.42. The van der Waals surface area contributed by atoms with Crippen molar-refractivity contribution in [3.05, 3.63) is 76.1 Å². The fourth-order valence-electron chi connectivity index (χ4n) is 5.37. The molecule has 0 radical (unpaired) electrons. The Morgan fingerprint density at radius 2 is 1.90 bits per heavy atom. The molecule has 1 aliphatic heterocycles. The van der Waals surface area contributed by atoms with Crippen molar-refractivity contribution < 1.29 is 22.4 Å². The molecule has 2 fully saturated rings. The van der Waals surface area contributed by atoms with Crippen LogP contribution < -0.4 is 10.6 Å². The predicted molar refractivity (Wildman–Crippen MR) is 151 cm³/mol. The zero-order valence-corrected chi connectivity index (χ0v) is 23.5. The molecule has 2 aliphatic rings. The number of benzene rings is 2. The van der Waals surface area contributed by atoms with E-state index in [1.165, 1.54) is 18.4 Å². The lowest BCUT2D eigenvalue weighted by Gasteiger charge is -2.33. The number of rotatable bonds is 6. The van der Waals surface area contributed by atoms with Gasteiger partial charge >= 0.3 is 12.2 Å². The van der Waals surface area contributed by atoms with Crippen LogP contribution in [0.3, 0.4) is 0 Å². The smallest absolute Gasteiger partial charge is 0.370 e. The summed E-state index contributed by atoms with van der Waals surface area (Å²) >= 11 is 3.56. The molecule has 2 amide bonds. The second-order valence-electron chi connectivity index (χ2n) is 10.6. The monoisotopic (exact) mass is 630 g/mol. The van der Waals surface area contributed by atoms with Crippen molar-refractivity contribution in [3.63, 3.8) is 0 Å². The summed E-state index contributed by atoms with van der Waals surface area (Å²) in [6, 6.07) is 12.3. The number of anilines is 2. The minimum Gasteiger partial charge on any atom is -0.370 e. The summed E-state index contributed by atoms with van der Waals surface area (Å²) in [6.07, 6.45) is 0.829. The number of likely N-dealkylation sites (tertiary alicyclic amines) is 1. The van der Waals surface area contributed by atoms with Crippen LogP contribution in [0.2, 0.25) is 0 Å². The molecule has 2 aromatic carbocycles. The van der Waals surface area contributed by atoms with Gasteiger partial charge in [0.25, 0.3) is 0 Å². The molecule has 12 heteroatoms. The van der Waals surface area contributed by atoms with Crippen molar-refractivity contribution in [1.29, 1.82) is 0 Å². The van der Waals surface area contributed by atoms with Gasteiger partial charge in [-0.25, -0.2) is 14.2 Å². The van der Waals surface area contributed by atoms with E-state index in [2.05, 4.69) is 49.9 Å². The molecular formula is C29H27BrF4N6O. The van der Waals surface area contributed by atoms with Crippen molar-refractivity contribution in [3.8, 4) is 11.3 Å². The van der Waals surface area contributed by atoms with Crippen molar-refractivity contribution in [2.24, 2.45) is 5.92 Å². The maximum absolute atomic E-state index is 13.6. The van der Waals surface area contributed by atoms with Gasteiger partial charge in [-0.3, -0.25) is 0 Å². The number of urea groups is 1. The Bertz CT molecular complexity index is 1600. The summed E-state index contributed by atoms with van der Waals surface area (Å²) < 4.78 is 55.4. The van der Waals surface area contributed by atoms with Gasteiger partial charge < -0.3 is 15.5 Å². The molecule has 1 saturated carbocycles. The number of nitrogens with one attached hydrogen (secondary N) is 2. The van der Waals surface area contributed by atoms with Gasteiger partial charge in [-0.15, -0.1) is 0 Å². The number of carbonyl (C=O) groups is 1. The topological polar surface area (TPSA) is 74.6 Å².